The molecule has 9 nitrogen and oxygen atoms in total. The van der Waals surface area contributed by atoms with Gasteiger partial charge in [-0.25, -0.2) is 4.79 Å². The number of methoxy groups -OCH3 is 1. The average Bonchev–Trinajstić information content (AvgIpc) is 3.46. The number of rotatable bonds is 6. The standard InChI is InChI=1S/C21H29N5O4/c1-21(15-6-5-7-17(12-15)30-2)19(28)26(20(29)22-21)23-18(27)14-24-11-8-16(13-24)25-9-3-4-10-25/h5-7,12,16H,3-4,8-11,13-14H2,1-2H3,(H,22,29)(H,23,27). The van der Waals surface area contributed by atoms with Gasteiger partial charge >= 0.3 is 6.03 Å². The first-order chi connectivity index (χ1) is 14.4. The van der Waals surface area contributed by atoms with E-state index in [1.54, 1.807) is 31.2 Å². The third kappa shape index (κ3) is 3.87. The number of amides is 4. The number of hydrogen-bond acceptors (Lipinski definition) is 6. The van der Waals surface area contributed by atoms with Gasteiger partial charge in [-0.05, 0) is 57.0 Å². The van der Waals surface area contributed by atoms with Crippen LogP contribution in [-0.4, -0.2) is 78.5 Å². The summed E-state index contributed by atoms with van der Waals surface area (Å²) in [6.07, 6.45) is 3.54. The first-order valence-corrected chi connectivity index (χ1v) is 10.5. The Balaban J connectivity index is 1.36. The lowest BCUT2D eigenvalue weighted by Gasteiger charge is -2.24. The molecule has 0 aliphatic carbocycles. The number of nitrogens with one attached hydrogen (secondary N) is 2. The highest BCUT2D eigenvalue weighted by atomic mass is 16.5. The lowest BCUT2D eigenvalue weighted by atomic mass is 9.92. The van der Waals surface area contributed by atoms with Crippen molar-refractivity contribution in [2.75, 3.05) is 39.8 Å². The molecule has 30 heavy (non-hydrogen) atoms. The molecule has 3 saturated heterocycles. The van der Waals surface area contributed by atoms with Crippen LogP contribution in [0.5, 0.6) is 5.75 Å². The van der Waals surface area contributed by atoms with Gasteiger partial charge in [-0.15, -0.1) is 0 Å². The molecule has 4 rings (SSSR count). The fraction of sp³-hybridized carbons (Fsp3) is 0.571. The summed E-state index contributed by atoms with van der Waals surface area (Å²) in [5.41, 5.74) is 1.81. The normalized spacial score (nSPS) is 27.5. The minimum Gasteiger partial charge on any atom is -0.497 e. The molecule has 0 aromatic heterocycles. The Labute approximate surface area is 176 Å². The van der Waals surface area contributed by atoms with Crippen LogP contribution in [0.1, 0.15) is 31.7 Å². The molecule has 3 aliphatic heterocycles. The number of benzene rings is 1. The van der Waals surface area contributed by atoms with Crippen molar-refractivity contribution >= 4 is 17.8 Å². The number of carbonyl (C=O) groups excluding carboxylic acids is 3. The number of hydrazine groups is 1. The fourth-order valence-corrected chi connectivity index (χ4v) is 4.59. The van der Waals surface area contributed by atoms with E-state index in [-0.39, 0.29) is 12.5 Å². The molecule has 2 unspecified atom stereocenters. The Morgan fingerprint density at radius 2 is 2.03 bits per heavy atom. The summed E-state index contributed by atoms with van der Waals surface area (Å²) in [4.78, 5) is 42.6. The molecular formula is C21H29N5O4. The minimum absolute atomic E-state index is 0.164. The Morgan fingerprint density at radius 3 is 2.77 bits per heavy atom. The van der Waals surface area contributed by atoms with E-state index in [4.69, 9.17) is 4.74 Å². The highest BCUT2D eigenvalue weighted by molar-refractivity contribution is 6.08. The van der Waals surface area contributed by atoms with Crippen molar-refractivity contribution in [3.8, 4) is 5.75 Å². The molecule has 3 fully saturated rings. The van der Waals surface area contributed by atoms with Gasteiger partial charge in [-0.1, -0.05) is 12.1 Å². The van der Waals surface area contributed by atoms with Gasteiger partial charge in [0.25, 0.3) is 11.8 Å². The van der Waals surface area contributed by atoms with E-state index in [2.05, 4.69) is 20.5 Å². The maximum absolute atomic E-state index is 13.0. The zero-order valence-electron chi connectivity index (χ0n) is 17.5. The molecule has 3 aliphatic rings. The first-order valence-electron chi connectivity index (χ1n) is 10.5. The second-order valence-corrected chi connectivity index (χ2v) is 8.38. The molecule has 9 heteroatoms. The number of likely N-dealkylation sites (tertiary alicyclic amines) is 2. The van der Waals surface area contributed by atoms with Crippen molar-refractivity contribution in [2.24, 2.45) is 0 Å². The van der Waals surface area contributed by atoms with E-state index in [0.717, 1.165) is 37.6 Å². The molecule has 0 saturated carbocycles. The van der Waals surface area contributed by atoms with Crippen molar-refractivity contribution in [3.63, 3.8) is 0 Å². The molecule has 0 radical (unpaired) electrons. The quantitative estimate of drug-likeness (QED) is 0.663. The predicted molar refractivity (Wildman–Crippen MR) is 110 cm³/mol. The molecule has 1 aromatic carbocycles. The molecule has 0 bridgehead atoms. The second-order valence-electron chi connectivity index (χ2n) is 8.38. The smallest absolute Gasteiger partial charge is 0.344 e. The van der Waals surface area contributed by atoms with E-state index in [1.807, 2.05) is 0 Å². The summed E-state index contributed by atoms with van der Waals surface area (Å²) < 4.78 is 5.22. The summed E-state index contributed by atoms with van der Waals surface area (Å²) in [6.45, 7) is 5.74. The van der Waals surface area contributed by atoms with Crippen molar-refractivity contribution in [3.05, 3.63) is 29.8 Å². The van der Waals surface area contributed by atoms with Crippen LogP contribution in [0.2, 0.25) is 0 Å². The minimum atomic E-state index is -1.27. The van der Waals surface area contributed by atoms with Gasteiger partial charge in [0.15, 0.2) is 0 Å². The number of imide groups is 1. The zero-order valence-corrected chi connectivity index (χ0v) is 17.5. The lowest BCUT2D eigenvalue weighted by molar-refractivity contribution is -0.139. The van der Waals surface area contributed by atoms with Crippen LogP contribution in [0, 0.1) is 0 Å². The SMILES string of the molecule is COc1cccc(C2(C)NC(=O)N(NC(=O)CN3CCC(N4CCCC4)C3)C2=O)c1. The summed E-state index contributed by atoms with van der Waals surface area (Å²) in [6, 6.07) is 6.81. The fourth-order valence-electron chi connectivity index (χ4n) is 4.59. The van der Waals surface area contributed by atoms with Crippen molar-refractivity contribution < 1.29 is 19.1 Å². The third-order valence-corrected chi connectivity index (χ3v) is 6.35. The molecule has 0 spiro atoms. The zero-order chi connectivity index (χ0) is 21.3. The Morgan fingerprint density at radius 1 is 1.27 bits per heavy atom. The van der Waals surface area contributed by atoms with Crippen LogP contribution in [0.4, 0.5) is 4.79 Å². The van der Waals surface area contributed by atoms with Gasteiger partial charge in [-0.3, -0.25) is 24.8 Å². The number of nitrogens with zero attached hydrogens (tertiary/aromatic N) is 3. The van der Waals surface area contributed by atoms with Crippen molar-refractivity contribution in [2.45, 2.75) is 37.8 Å². The van der Waals surface area contributed by atoms with Gasteiger partial charge in [-0.2, -0.15) is 5.01 Å². The number of ether oxygens (including phenoxy) is 1. The molecular weight excluding hydrogens is 386 g/mol. The summed E-state index contributed by atoms with van der Waals surface area (Å²) in [7, 11) is 1.54. The molecule has 2 atom stereocenters. The molecule has 1 aromatic rings. The highest BCUT2D eigenvalue weighted by Crippen LogP contribution is 2.30. The van der Waals surface area contributed by atoms with Crippen LogP contribution in [-0.2, 0) is 15.1 Å². The second kappa shape index (κ2) is 8.23. The molecule has 2 N–H and O–H groups in total. The van der Waals surface area contributed by atoms with E-state index >= 15 is 0 Å². The van der Waals surface area contributed by atoms with Crippen LogP contribution < -0.4 is 15.5 Å². The Bertz CT molecular complexity index is 840. The summed E-state index contributed by atoms with van der Waals surface area (Å²) in [5.74, 6) is -0.305. The van der Waals surface area contributed by atoms with Crippen LogP contribution in [0.3, 0.4) is 0 Å². The van der Waals surface area contributed by atoms with Crippen LogP contribution in [0.15, 0.2) is 24.3 Å². The average molecular weight is 415 g/mol. The summed E-state index contributed by atoms with van der Waals surface area (Å²) in [5, 5.41) is 3.48. The number of hydrogen-bond donors (Lipinski definition) is 2. The highest BCUT2D eigenvalue weighted by Gasteiger charge is 2.50. The Kier molecular flexibility index (Phi) is 5.66. The molecule has 3 heterocycles. The van der Waals surface area contributed by atoms with Crippen molar-refractivity contribution in [1.29, 1.82) is 0 Å². The Hall–Kier alpha value is -2.65. The predicted octanol–water partition coefficient (Wildman–Crippen LogP) is 0.664. The van der Waals surface area contributed by atoms with Gasteiger partial charge in [0.1, 0.15) is 11.3 Å². The van der Waals surface area contributed by atoms with Crippen LogP contribution >= 0.6 is 0 Å². The van der Waals surface area contributed by atoms with Gasteiger partial charge in [0.2, 0.25) is 0 Å². The van der Waals surface area contributed by atoms with Gasteiger partial charge < -0.3 is 10.1 Å². The van der Waals surface area contributed by atoms with Gasteiger partial charge in [0, 0.05) is 19.1 Å². The van der Waals surface area contributed by atoms with Gasteiger partial charge in [0.05, 0.1) is 13.7 Å². The third-order valence-electron chi connectivity index (χ3n) is 6.35. The maximum atomic E-state index is 13.0. The largest absolute Gasteiger partial charge is 0.497 e. The van der Waals surface area contributed by atoms with Crippen molar-refractivity contribution in [1.82, 2.24) is 25.6 Å². The number of urea groups is 1. The maximum Gasteiger partial charge on any atom is 0.344 e. The van der Waals surface area contributed by atoms with Crippen LogP contribution in [0.25, 0.3) is 0 Å². The van der Waals surface area contributed by atoms with E-state index < -0.39 is 17.5 Å². The van der Waals surface area contributed by atoms with E-state index in [9.17, 15) is 14.4 Å². The topological polar surface area (TPSA) is 94.2 Å². The summed E-state index contributed by atoms with van der Waals surface area (Å²) >= 11 is 0. The molecule has 4 amide bonds. The first kappa shape index (κ1) is 20.6. The van der Waals surface area contributed by atoms with E-state index in [0.29, 0.717) is 17.4 Å². The lowest BCUT2D eigenvalue weighted by Crippen LogP contribution is -2.50. The number of carbonyl (C=O) groups is 3. The monoisotopic (exact) mass is 415 g/mol. The molecule has 162 valence electrons. The van der Waals surface area contributed by atoms with E-state index in [1.165, 1.54) is 20.0 Å².